The van der Waals surface area contributed by atoms with Gasteiger partial charge in [0.1, 0.15) is 17.2 Å². The van der Waals surface area contributed by atoms with Gasteiger partial charge < -0.3 is 19.2 Å². The highest BCUT2D eigenvalue weighted by atomic mass is 35.5. The summed E-state index contributed by atoms with van der Waals surface area (Å²) in [6.07, 6.45) is 2.88. The second-order valence-electron chi connectivity index (χ2n) is 7.90. The standard InChI is InChI=1S/C29H24ClN3O5/c1-36-26-14-8-19(17-27(26)37-2)16-24(32-28(34)21-6-4-3-5-7-21)29(35)33-31-18-23-13-15-25(38-23)20-9-11-22(30)12-10-20/h3-18H,1-2H3,(H,32,34)(H,33,35)/b24-16+,31-18+. The van der Waals surface area contributed by atoms with Crippen LogP contribution in [0, 0.1) is 0 Å². The topological polar surface area (TPSA) is 102 Å². The molecule has 0 unspecified atom stereocenters. The molecule has 2 amide bonds. The first-order valence-corrected chi connectivity index (χ1v) is 11.8. The quantitative estimate of drug-likeness (QED) is 0.168. The third-order valence-corrected chi connectivity index (χ3v) is 5.61. The van der Waals surface area contributed by atoms with Crippen LogP contribution in [0.2, 0.25) is 5.02 Å². The van der Waals surface area contributed by atoms with E-state index in [-0.39, 0.29) is 5.70 Å². The average molecular weight is 530 g/mol. The number of amides is 2. The Morgan fingerprint density at radius 1 is 0.895 bits per heavy atom. The third-order valence-electron chi connectivity index (χ3n) is 5.36. The highest BCUT2D eigenvalue weighted by Gasteiger charge is 2.15. The van der Waals surface area contributed by atoms with Gasteiger partial charge in [-0.1, -0.05) is 35.9 Å². The predicted molar refractivity (Wildman–Crippen MR) is 146 cm³/mol. The van der Waals surface area contributed by atoms with Crippen molar-refractivity contribution in [3.63, 3.8) is 0 Å². The van der Waals surface area contributed by atoms with E-state index in [2.05, 4.69) is 15.8 Å². The van der Waals surface area contributed by atoms with Crippen LogP contribution in [0.5, 0.6) is 11.5 Å². The Labute approximate surface area is 224 Å². The second-order valence-corrected chi connectivity index (χ2v) is 8.34. The van der Waals surface area contributed by atoms with Crippen molar-refractivity contribution in [2.45, 2.75) is 0 Å². The highest BCUT2D eigenvalue weighted by molar-refractivity contribution is 6.30. The SMILES string of the molecule is COc1ccc(/C=C(/NC(=O)c2ccccc2)C(=O)N/N=C/c2ccc(-c3ccc(Cl)cc3)o2)cc1OC. The fraction of sp³-hybridized carbons (Fsp3) is 0.0690. The molecule has 1 aromatic heterocycles. The molecule has 9 heteroatoms. The molecule has 8 nitrogen and oxygen atoms in total. The molecule has 3 aromatic carbocycles. The van der Waals surface area contributed by atoms with E-state index >= 15 is 0 Å². The van der Waals surface area contributed by atoms with E-state index in [1.807, 2.05) is 12.1 Å². The van der Waals surface area contributed by atoms with Crippen LogP contribution in [0.25, 0.3) is 17.4 Å². The van der Waals surface area contributed by atoms with Crippen molar-refractivity contribution in [3.05, 3.63) is 113 Å². The Morgan fingerprint density at radius 2 is 1.63 bits per heavy atom. The fourth-order valence-corrected chi connectivity index (χ4v) is 3.58. The Balaban J connectivity index is 1.53. The maximum absolute atomic E-state index is 13.0. The van der Waals surface area contributed by atoms with Crippen molar-refractivity contribution < 1.29 is 23.5 Å². The molecule has 0 radical (unpaired) electrons. The minimum absolute atomic E-state index is 0.0236. The van der Waals surface area contributed by atoms with E-state index in [0.29, 0.717) is 39.2 Å². The second kappa shape index (κ2) is 12.4. The van der Waals surface area contributed by atoms with E-state index in [1.54, 1.807) is 72.8 Å². The molecule has 0 saturated carbocycles. The van der Waals surface area contributed by atoms with E-state index in [1.165, 1.54) is 26.5 Å². The molecule has 38 heavy (non-hydrogen) atoms. The monoisotopic (exact) mass is 529 g/mol. The number of furan rings is 1. The van der Waals surface area contributed by atoms with Gasteiger partial charge in [-0.05, 0) is 72.3 Å². The molecule has 0 bridgehead atoms. The Hall–Kier alpha value is -4.82. The minimum Gasteiger partial charge on any atom is -0.493 e. The number of rotatable bonds is 9. The molecule has 2 N–H and O–H groups in total. The van der Waals surface area contributed by atoms with Crippen molar-refractivity contribution >= 4 is 35.7 Å². The molecule has 0 aliphatic heterocycles. The molecule has 0 fully saturated rings. The summed E-state index contributed by atoms with van der Waals surface area (Å²) in [6.45, 7) is 0. The number of carbonyl (C=O) groups excluding carboxylic acids is 2. The van der Waals surface area contributed by atoms with Gasteiger partial charge in [-0.15, -0.1) is 0 Å². The summed E-state index contributed by atoms with van der Waals surface area (Å²) < 4.78 is 16.4. The number of halogens is 1. The van der Waals surface area contributed by atoms with Crippen LogP contribution < -0.4 is 20.2 Å². The molecule has 0 saturated heterocycles. The van der Waals surface area contributed by atoms with Crippen molar-refractivity contribution in [3.8, 4) is 22.8 Å². The van der Waals surface area contributed by atoms with Gasteiger partial charge in [0.05, 0.1) is 20.4 Å². The predicted octanol–water partition coefficient (Wildman–Crippen LogP) is 5.54. The Bertz CT molecular complexity index is 1480. The fourth-order valence-electron chi connectivity index (χ4n) is 3.46. The van der Waals surface area contributed by atoms with Gasteiger partial charge in [0.15, 0.2) is 11.5 Å². The number of benzene rings is 3. The summed E-state index contributed by atoms with van der Waals surface area (Å²) in [5.74, 6) is 0.972. The van der Waals surface area contributed by atoms with E-state index in [4.69, 9.17) is 25.5 Å². The van der Waals surface area contributed by atoms with Crippen LogP contribution in [0.15, 0.2) is 100 Å². The minimum atomic E-state index is -0.634. The number of hydrazone groups is 1. The number of nitrogens with zero attached hydrogens (tertiary/aromatic N) is 1. The molecule has 4 aromatic rings. The summed E-state index contributed by atoms with van der Waals surface area (Å²) >= 11 is 5.94. The zero-order valence-electron chi connectivity index (χ0n) is 20.6. The van der Waals surface area contributed by atoms with Crippen molar-refractivity contribution in [1.29, 1.82) is 0 Å². The van der Waals surface area contributed by atoms with Crippen LogP contribution in [-0.4, -0.2) is 32.2 Å². The zero-order chi connectivity index (χ0) is 26.9. The first-order valence-electron chi connectivity index (χ1n) is 11.5. The molecule has 1 heterocycles. The van der Waals surface area contributed by atoms with Gasteiger partial charge in [-0.25, -0.2) is 5.43 Å². The molecule has 0 spiro atoms. The largest absolute Gasteiger partial charge is 0.493 e. The lowest BCUT2D eigenvalue weighted by Crippen LogP contribution is -2.32. The maximum Gasteiger partial charge on any atom is 0.287 e. The smallest absolute Gasteiger partial charge is 0.287 e. The molecular formula is C29H24ClN3O5. The number of carbonyl (C=O) groups is 2. The van der Waals surface area contributed by atoms with Crippen LogP contribution in [0.3, 0.4) is 0 Å². The molecule has 192 valence electrons. The van der Waals surface area contributed by atoms with Gasteiger partial charge >= 0.3 is 0 Å². The summed E-state index contributed by atoms with van der Waals surface area (Å²) in [6, 6.07) is 24.4. The van der Waals surface area contributed by atoms with E-state index in [9.17, 15) is 9.59 Å². The first-order chi connectivity index (χ1) is 18.5. The van der Waals surface area contributed by atoms with Crippen LogP contribution in [0.4, 0.5) is 0 Å². The van der Waals surface area contributed by atoms with Crippen molar-refractivity contribution in [2.24, 2.45) is 5.10 Å². The van der Waals surface area contributed by atoms with Crippen molar-refractivity contribution in [2.75, 3.05) is 14.2 Å². The lowest BCUT2D eigenvalue weighted by atomic mass is 10.1. The lowest BCUT2D eigenvalue weighted by Gasteiger charge is -2.11. The van der Waals surface area contributed by atoms with E-state index < -0.39 is 11.8 Å². The zero-order valence-corrected chi connectivity index (χ0v) is 21.4. The lowest BCUT2D eigenvalue weighted by molar-refractivity contribution is -0.117. The normalized spacial score (nSPS) is 11.3. The van der Waals surface area contributed by atoms with Crippen LogP contribution in [-0.2, 0) is 4.79 Å². The number of hydrogen-bond acceptors (Lipinski definition) is 6. The van der Waals surface area contributed by atoms with E-state index in [0.717, 1.165) is 5.56 Å². The molecular weight excluding hydrogens is 506 g/mol. The molecule has 0 aliphatic carbocycles. The van der Waals surface area contributed by atoms with Gasteiger partial charge in [0, 0.05) is 16.1 Å². The number of ether oxygens (including phenoxy) is 2. The Morgan fingerprint density at radius 3 is 2.34 bits per heavy atom. The van der Waals surface area contributed by atoms with Gasteiger partial charge in [-0.2, -0.15) is 5.10 Å². The third kappa shape index (κ3) is 6.68. The Kier molecular flexibility index (Phi) is 8.58. The molecule has 0 aliphatic rings. The number of nitrogens with one attached hydrogen (secondary N) is 2. The molecule has 0 atom stereocenters. The first kappa shape index (κ1) is 26.2. The molecule has 4 rings (SSSR count). The van der Waals surface area contributed by atoms with Gasteiger partial charge in [0.25, 0.3) is 11.8 Å². The average Bonchev–Trinajstić information content (AvgIpc) is 3.42. The maximum atomic E-state index is 13.0. The van der Waals surface area contributed by atoms with Gasteiger partial charge in [0.2, 0.25) is 0 Å². The number of methoxy groups -OCH3 is 2. The number of hydrogen-bond donors (Lipinski definition) is 2. The summed E-state index contributed by atoms with van der Waals surface area (Å²) in [7, 11) is 3.04. The van der Waals surface area contributed by atoms with Crippen LogP contribution in [0.1, 0.15) is 21.7 Å². The highest BCUT2D eigenvalue weighted by Crippen LogP contribution is 2.28. The summed E-state index contributed by atoms with van der Waals surface area (Å²) in [5, 5.41) is 7.27. The summed E-state index contributed by atoms with van der Waals surface area (Å²) in [4.78, 5) is 25.8. The summed E-state index contributed by atoms with van der Waals surface area (Å²) in [5.41, 5.74) is 4.25. The van der Waals surface area contributed by atoms with Crippen LogP contribution >= 0.6 is 11.6 Å². The van der Waals surface area contributed by atoms with Gasteiger partial charge in [-0.3, -0.25) is 9.59 Å². The van der Waals surface area contributed by atoms with Crippen molar-refractivity contribution in [1.82, 2.24) is 10.7 Å².